The van der Waals surface area contributed by atoms with Crippen molar-refractivity contribution in [2.24, 2.45) is 0 Å². The van der Waals surface area contributed by atoms with Gasteiger partial charge < -0.3 is 25.4 Å². The Kier molecular flexibility index (Phi) is 8.92. The molecule has 3 rings (SSSR count). The number of aliphatic carboxylic acids is 1. The average molecular weight is 533 g/mol. The third-order valence-electron chi connectivity index (χ3n) is 5.99. The molecule has 13 heteroatoms. The van der Waals surface area contributed by atoms with Gasteiger partial charge in [-0.2, -0.15) is 0 Å². The van der Waals surface area contributed by atoms with Crippen LogP contribution in [-0.2, 0) is 29.0 Å². The molecule has 0 bridgehead atoms. The standard InChI is InChI=1S/C24H28N4O8S/c1-37(35,36)12-9-18(27-23(33)21-17-6-3-2-5-15(17)8-10-25-21)24(34)28-11-4-7-19(28)22(32)26-16(14-29)13-20(30)31/h2-3,5-6,8,10,14,16,18-19H,4,7,9,11-13H2,1H3,(H,26,32)(H,27,33)(H,30,31)/t16-,18-,19-/m0/s1. The van der Waals surface area contributed by atoms with Gasteiger partial charge in [-0.15, -0.1) is 0 Å². The van der Waals surface area contributed by atoms with Crippen LogP contribution in [0, 0.1) is 0 Å². The van der Waals surface area contributed by atoms with Gasteiger partial charge in [0, 0.05) is 24.4 Å². The number of likely N-dealkylation sites (tertiary alicyclic amines) is 1. The van der Waals surface area contributed by atoms with Gasteiger partial charge in [-0.25, -0.2) is 8.42 Å². The van der Waals surface area contributed by atoms with Crippen molar-refractivity contribution in [1.82, 2.24) is 20.5 Å². The quantitative estimate of drug-likeness (QED) is 0.334. The Labute approximate surface area is 213 Å². The Morgan fingerprint density at radius 2 is 1.92 bits per heavy atom. The fourth-order valence-corrected chi connectivity index (χ4v) is 4.88. The van der Waals surface area contributed by atoms with Crippen LogP contribution in [-0.4, -0.2) is 90.1 Å². The van der Waals surface area contributed by atoms with Crippen molar-refractivity contribution in [2.75, 3.05) is 18.6 Å². The van der Waals surface area contributed by atoms with E-state index < -0.39 is 58.1 Å². The van der Waals surface area contributed by atoms with Crippen molar-refractivity contribution in [3.05, 3.63) is 42.2 Å². The predicted octanol–water partition coefficient (Wildman–Crippen LogP) is -0.0827. The third-order valence-corrected chi connectivity index (χ3v) is 6.97. The molecular weight excluding hydrogens is 504 g/mol. The number of carbonyl (C=O) groups is 5. The van der Waals surface area contributed by atoms with Crippen molar-refractivity contribution in [3.63, 3.8) is 0 Å². The largest absolute Gasteiger partial charge is 0.481 e. The van der Waals surface area contributed by atoms with Gasteiger partial charge in [0.2, 0.25) is 11.8 Å². The second-order valence-corrected chi connectivity index (χ2v) is 11.1. The summed E-state index contributed by atoms with van der Waals surface area (Å²) in [5.41, 5.74) is 0.0634. The summed E-state index contributed by atoms with van der Waals surface area (Å²) in [6, 6.07) is 5.22. The molecule has 1 aliphatic heterocycles. The average Bonchev–Trinajstić information content (AvgIpc) is 3.34. The minimum atomic E-state index is -3.48. The zero-order valence-corrected chi connectivity index (χ0v) is 20.9. The highest BCUT2D eigenvalue weighted by molar-refractivity contribution is 7.90. The summed E-state index contributed by atoms with van der Waals surface area (Å²) in [6.45, 7) is 0.166. The van der Waals surface area contributed by atoms with Crippen LogP contribution in [0.1, 0.15) is 36.2 Å². The molecular formula is C24H28N4O8S. The van der Waals surface area contributed by atoms with Crippen LogP contribution in [0.25, 0.3) is 10.8 Å². The summed E-state index contributed by atoms with van der Waals surface area (Å²) in [4.78, 5) is 66.9. The van der Waals surface area contributed by atoms with E-state index in [4.69, 9.17) is 5.11 Å². The maximum Gasteiger partial charge on any atom is 0.305 e. The zero-order chi connectivity index (χ0) is 27.2. The van der Waals surface area contributed by atoms with Crippen LogP contribution in [0.5, 0.6) is 0 Å². The number of amides is 3. The lowest BCUT2D eigenvalue weighted by atomic mass is 10.1. The molecule has 3 N–H and O–H groups in total. The number of benzene rings is 1. The first kappa shape index (κ1) is 27.7. The molecule has 3 amide bonds. The molecule has 3 atom stereocenters. The number of rotatable bonds is 11. The highest BCUT2D eigenvalue weighted by Gasteiger charge is 2.38. The first-order valence-electron chi connectivity index (χ1n) is 11.6. The van der Waals surface area contributed by atoms with E-state index >= 15 is 0 Å². The van der Waals surface area contributed by atoms with Gasteiger partial charge >= 0.3 is 5.97 Å². The van der Waals surface area contributed by atoms with Crippen molar-refractivity contribution in [2.45, 2.75) is 43.8 Å². The lowest BCUT2D eigenvalue weighted by molar-refractivity contribution is -0.142. The van der Waals surface area contributed by atoms with E-state index in [1.807, 2.05) is 0 Å². The number of aromatic nitrogens is 1. The van der Waals surface area contributed by atoms with Crippen LogP contribution < -0.4 is 10.6 Å². The fraction of sp³-hybridized carbons (Fsp3) is 0.417. The summed E-state index contributed by atoms with van der Waals surface area (Å²) in [5, 5.41) is 15.1. The third kappa shape index (κ3) is 7.32. The Bertz CT molecular complexity index is 1310. The first-order chi connectivity index (χ1) is 17.5. The fourth-order valence-electron chi connectivity index (χ4n) is 4.22. The van der Waals surface area contributed by atoms with Crippen molar-refractivity contribution >= 4 is 50.6 Å². The number of aldehydes is 1. The topological polar surface area (TPSA) is 180 Å². The maximum atomic E-state index is 13.5. The molecule has 198 valence electrons. The summed E-state index contributed by atoms with van der Waals surface area (Å²) in [6.07, 6.45) is 2.64. The molecule has 1 aliphatic rings. The van der Waals surface area contributed by atoms with Crippen LogP contribution in [0.4, 0.5) is 0 Å². The number of fused-ring (bicyclic) bond motifs is 1. The SMILES string of the molecule is CS(=O)(=O)CC[C@H](NC(=O)c1nccc2ccccc12)C(=O)N1CCC[C@H]1C(=O)N[C@H](C=O)CC(=O)O. The molecule has 2 aromatic rings. The lowest BCUT2D eigenvalue weighted by Gasteiger charge is -2.29. The van der Waals surface area contributed by atoms with E-state index in [2.05, 4.69) is 15.6 Å². The van der Waals surface area contributed by atoms with E-state index in [9.17, 15) is 32.4 Å². The second kappa shape index (κ2) is 11.9. The number of carboxylic acid groups (broad SMARTS) is 1. The number of carbonyl (C=O) groups excluding carboxylic acids is 4. The zero-order valence-electron chi connectivity index (χ0n) is 20.1. The Balaban J connectivity index is 1.82. The second-order valence-electron chi connectivity index (χ2n) is 8.86. The number of pyridine rings is 1. The van der Waals surface area contributed by atoms with Gasteiger partial charge in [0.05, 0.1) is 18.2 Å². The smallest absolute Gasteiger partial charge is 0.305 e. The van der Waals surface area contributed by atoms with Crippen LogP contribution >= 0.6 is 0 Å². The molecule has 1 aromatic carbocycles. The van der Waals surface area contributed by atoms with Crippen molar-refractivity contribution in [3.8, 4) is 0 Å². The molecule has 0 radical (unpaired) electrons. The molecule has 0 spiro atoms. The van der Waals surface area contributed by atoms with E-state index in [0.29, 0.717) is 18.1 Å². The molecule has 37 heavy (non-hydrogen) atoms. The maximum absolute atomic E-state index is 13.5. The summed E-state index contributed by atoms with van der Waals surface area (Å²) in [5.74, 6) is -3.69. The van der Waals surface area contributed by atoms with E-state index in [1.165, 1.54) is 11.1 Å². The summed E-state index contributed by atoms with van der Waals surface area (Å²) < 4.78 is 23.7. The Morgan fingerprint density at radius 1 is 1.19 bits per heavy atom. The van der Waals surface area contributed by atoms with Crippen molar-refractivity contribution < 1.29 is 37.5 Å². The monoisotopic (exact) mass is 532 g/mol. The molecule has 2 heterocycles. The van der Waals surface area contributed by atoms with Crippen LogP contribution in [0.3, 0.4) is 0 Å². The number of sulfone groups is 1. The van der Waals surface area contributed by atoms with Gasteiger partial charge in [0.25, 0.3) is 5.91 Å². The minimum absolute atomic E-state index is 0.0634. The normalized spacial score (nSPS) is 17.1. The molecule has 0 aliphatic carbocycles. The summed E-state index contributed by atoms with van der Waals surface area (Å²) in [7, 11) is -3.48. The molecule has 1 fully saturated rings. The highest BCUT2D eigenvalue weighted by Crippen LogP contribution is 2.21. The van der Waals surface area contributed by atoms with Gasteiger partial charge in [-0.05, 0) is 30.7 Å². The Hall–Kier alpha value is -3.87. The number of hydrogen-bond donors (Lipinski definition) is 3. The minimum Gasteiger partial charge on any atom is -0.481 e. The van der Waals surface area contributed by atoms with Gasteiger partial charge in [-0.1, -0.05) is 24.3 Å². The molecule has 1 aromatic heterocycles. The highest BCUT2D eigenvalue weighted by atomic mass is 32.2. The lowest BCUT2D eigenvalue weighted by Crippen LogP contribution is -2.55. The number of hydrogen-bond acceptors (Lipinski definition) is 8. The van der Waals surface area contributed by atoms with Crippen LogP contribution in [0.15, 0.2) is 36.5 Å². The summed E-state index contributed by atoms with van der Waals surface area (Å²) >= 11 is 0. The number of nitrogens with zero attached hydrogens (tertiary/aromatic N) is 2. The predicted molar refractivity (Wildman–Crippen MR) is 132 cm³/mol. The van der Waals surface area contributed by atoms with Gasteiger partial charge in [-0.3, -0.25) is 24.2 Å². The molecule has 0 unspecified atom stereocenters. The molecule has 12 nitrogen and oxygen atoms in total. The number of carboxylic acids is 1. The van der Waals surface area contributed by atoms with Gasteiger partial charge in [0.1, 0.15) is 33.9 Å². The van der Waals surface area contributed by atoms with Gasteiger partial charge in [0.15, 0.2) is 0 Å². The molecule has 1 saturated heterocycles. The van der Waals surface area contributed by atoms with Crippen LogP contribution in [0.2, 0.25) is 0 Å². The first-order valence-corrected chi connectivity index (χ1v) is 13.7. The number of nitrogens with one attached hydrogen (secondary N) is 2. The molecule has 0 saturated carbocycles. The van der Waals surface area contributed by atoms with Crippen molar-refractivity contribution in [1.29, 1.82) is 0 Å². The van der Waals surface area contributed by atoms with E-state index in [0.717, 1.165) is 11.6 Å². The van der Waals surface area contributed by atoms with E-state index in [-0.39, 0.29) is 30.8 Å². The van der Waals surface area contributed by atoms with E-state index in [1.54, 1.807) is 30.3 Å². The Morgan fingerprint density at radius 3 is 2.59 bits per heavy atom.